The number of aromatic amines is 1. The second kappa shape index (κ2) is 16.0. The number of H-pyrrole nitrogens is 1. The van der Waals surface area contributed by atoms with Crippen LogP contribution >= 0.6 is 23.2 Å². The van der Waals surface area contributed by atoms with Crippen molar-refractivity contribution in [2.75, 3.05) is 36.4 Å². The zero-order chi connectivity index (χ0) is 37.8. The lowest BCUT2D eigenvalue weighted by molar-refractivity contribution is 0.0740. The number of fused-ring (bicyclic) bond motifs is 1. The largest absolute Gasteiger partial charge is 0.351 e. The summed E-state index contributed by atoms with van der Waals surface area (Å²) in [5, 5.41) is 5.19. The number of amides is 2. The molecule has 0 aliphatic carbocycles. The van der Waals surface area contributed by atoms with Crippen molar-refractivity contribution >= 4 is 68.7 Å². The second-order valence-corrected chi connectivity index (χ2v) is 13.9. The Morgan fingerprint density at radius 1 is 0.870 bits per heavy atom. The van der Waals surface area contributed by atoms with E-state index in [4.69, 9.17) is 23.2 Å². The highest BCUT2D eigenvalue weighted by molar-refractivity contribution is 6.31. The van der Waals surface area contributed by atoms with Gasteiger partial charge in [-0.1, -0.05) is 84.4 Å². The lowest BCUT2D eigenvalue weighted by atomic mass is 9.95. The number of hydrogen-bond donors (Lipinski definition) is 2. The maximum absolute atomic E-state index is 14.7. The van der Waals surface area contributed by atoms with Gasteiger partial charge in [-0.15, -0.1) is 0 Å². The Morgan fingerprint density at radius 2 is 1.57 bits per heavy atom. The van der Waals surface area contributed by atoms with Crippen LogP contribution in [0.4, 0.5) is 11.5 Å². The van der Waals surface area contributed by atoms with Gasteiger partial charge < -0.3 is 25.0 Å². The lowest BCUT2D eigenvalue weighted by Gasteiger charge is -2.36. The smallest absolute Gasteiger partial charge is 0.272 e. The van der Waals surface area contributed by atoms with Gasteiger partial charge in [-0.05, 0) is 85.3 Å². The van der Waals surface area contributed by atoms with E-state index in [0.717, 1.165) is 27.8 Å². The highest BCUT2D eigenvalue weighted by atomic mass is 35.5. The molecule has 1 atom stereocenters. The summed E-state index contributed by atoms with van der Waals surface area (Å²) in [5.74, 6) is 0.165. The van der Waals surface area contributed by atoms with E-state index in [1.54, 1.807) is 41.7 Å². The van der Waals surface area contributed by atoms with Gasteiger partial charge in [-0.25, -0.2) is 4.98 Å². The molecule has 272 valence electrons. The quantitative estimate of drug-likeness (QED) is 0.145. The number of anilines is 2. The number of carbonyl (C=O) groups is 2. The summed E-state index contributed by atoms with van der Waals surface area (Å²) in [4.78, 5) is 46.1. The van der Waals surface area contributed by atoms with Crippen molar-refractivity contribution in [3.05, 3.63) is 166 Å². The monoisotopic (exact) mass is 755 g/mol. The fourth-order valence-electron chi connectivity index (χ4n) is 6.97. The lowest BCUT2D eigenvalue weighted by Crippen LogP contribution is -2.49. The highest BCUT2D eigenvalue weighted by Gasteiger charge is 2.30. The van der Waals surface area contributed by atoms with Crippen molar-refractivity contribution < 1.29 is 9.59 Å². The molecule has 2 amide bonds. The third-order valence-corrected chi connectivity index (χ3v) is 10.3. The van der Waals surface area contributed by atoms with Crippen molar-refractivity contribution in [3.63, 3.8) is 0 Å². The standard InChI is InChI=1S/C43H39Cl2N7O2/c1-4-52(29(3)31-15-17-32(44)18-16-31)40(28(2)30-11-6-5-7-12-30)38-34-20-19-33(45)27-37(34)48-39(38)42(53)49-35-14-10-22-47-41(35)50-23-25-51(26-24-50)43(54)36-13-8-9-21-46-36/h4-22,27,29,48H,1,23-26H2,2-3H3,(H,49,53)/b40-28+. The van der Waals surface area contributed by atoms with E-state index < -0.39 is 0 Å². The predicted octanol–water partition coefficient (Wildman–Crippen LogP) is 9.57. The average Bonchev–Trinajstić information content (AvgIpc) is 3.58. The molecule has 1 saturated heterocycles. The average molecular weight is 757 g/mol. The number of carbonyl (C=O) groups excluding carboxylic acids is 2. The molecule has 0 spiro atoms. The summed E-state index contributed by atoms with van der Waals surface area (Å²) in [6.07, 6.45) is 5.13. The van der Waals surface area contributed by atoms with Crippen LogP contribution in [0.5, 0.6) is 0 Å². The zero-order valence-corrected chi connectivity index (χ0v) is 31.5. The Hall–Kier alpha value is -5.90. The van der Waals surface area contributed by atoms with Crippen LogP contribution in [-0.4, -0.2) is 62.7 Å². The summed E-state index contributed by atoms with van der Waals surface area (Å²) in [7, 11) is 0. The van der Waals surface area contributed by atoms with Crippen molar-refractivity contribution in [1.29, 1.82) is 0 Å². The fraction of sp³-hybridized carbons (Fsp3) is 0.163. The summed E-state index contributed by atoms with van der Waals surface area (Å²) in [6.45, 7) is 10.5. The molecule has 1 unspecified atom stereocenters. The predicted molar refractivity (Wildman–Crippen MR) is 219 cm³/mol. The van der Waals surface area contributed by atoms with E-state index >= 15 is 0 Å². The number of benzene rings is 3. The Balaban J connectivity index is 1.27. The number of nitrogens with one attached hydrogen (secondary N) is 2. The minimum absolute atomic E-state index is 0.107. The van der Waals surface area contributed by atoms with Crippen molar-refractivity contribution in [2.24, 2.45) is 0 Å². The molecule has 4 heterocycles. The molecule has 9 nitrogen and oxygen atoms in total. The molecule has 2 N–H and O–H groups in total. The minimum Gasteiger partial charge on any atom is -0.351 e. The Morgan fingerprint density at radius 3 is 2.28 bits per heavy atom. The van der Waals surface area contributed by atoms with Crippen molar-refractivity contribution in [3.8, 4) is 0 Å². The number of allylic oxidation sites excluding steroid dienone is 1. The first kappa shape index (κ1) is 36.5. The third-order valence-electron chi connectivity index (χ3n) is 9.80. The first-order valence-electron chi connectivity index (χ1n) is 17.7. The van der Waals surface area contributed by atoms with Crippen LogP contribution in [0, 0.1) is 0 Å². The summed E-state index contributed by atoms with van der Waals surface area (Å²) < 4.78 is 0. The molecule has 54 heavy (non-hydrogen) atoms. The van der Waals surface area contributed by atoms with Gasteiger partial charge >= 0.3 is 0 Å². The molecule has 1 aliphatic heterocycles. The number of nitrogens with zero attached hydrogens (tertiary/aromatic N) is 5. The molecule has 11 heteroatoms. The summed E-state index contributed by atoms with van der Waals surface area (Å²) in [5.41, 5.74) is 6.50. The van der Waals surface area contributed by atoms with Crippen LogP contribution in [0.15, 0.2) is 128 Å². The van der Waals surface area contributed by atoms with Crippen LogP contribution in [0.2, 0.25) is 10.0 Å². The first-order valence-corrected chi connectivity index (χ1v) is 18.4. The molecule has 3 aromatic heterocycles. The first-order chi connectivity index (χ1) is 26.2. The molecule has 1 fully saturated rings. The summed E-state index contributed by atoms with van der Waals surface area (Å²) >= 11 is 12.8. The Bertz CT molecular complexity index is 2340. The van der Waals surface area contributed by atoms with E-state index in [1.165, 1.54) is 0 Å². The molecule has 1 aliphatic rings. The maximum Gasteiger partial charge on any atom is 0.272 e. The number of pyridine rings is 2. The molecule has 0 bridgehead atoms. The third kappa shape index (κ3) is 7.46. The van der Waals surface area contributed by atoms with E-state index in [1.807, 2.05) is 72.8 Å². The van der Waals surface area contributed by atoms with Crippen LogP contribution in [-0.2, 0) is 0 Å². The van der Waals surface area contributed by atoms with Crippen molar-refractivity contribution in [1.82, 2.24) is 24.8 Å². The zero-order valence-electron chi connectivity index (χ0n) is 30.0. The number of aromatic nitrogens is 3. The van der Waals surface area contributed by atoms with E-state index in [2.05, 4.69) is 62.6 Å². The molecular formula is C43H39Cl2N7O2. The van der Waals surface area contributed by atoms with E-state index in [0.29, 0.717) is 70.2 Å². The van der Waals surface area contributed by atoms with Gasteiger partial charge in [0.05, 0.1) is 17.4 Å². The Labute approximate surface area is 324 Å². The molecule has 0 radical (unpaired) electrons. The summed E-state index contributed by atoms with van der Waals surface area (Å²) in [6, 6.07) is 32.2. The minimum atomic E-state index is -0.350. The maximum atomic E-state index is 14.7. The van der Waals surface area contributed by atoms with E-state index in [-0.39, 0.29) is 17.9 Å². The Kier molecular flexibility index (Phi) is 10.8. The number of piperazine rings is 1. The van der Waals surface area contributed by atoms with Gasteiger partial charge in [0.2, 0.25) is 0 Å². The molecule has 6 aromatic rings. The molecule has 7 rings (SSSR count). The van der Waals surface area contributed by atoms with Gasteiger partial charge in [0.15, 0.2) is 5.82 Å². The van der Waals surface area contributed by atoms with Gasteiger partial charge in [0.25, 0.3) is 11.8 Å². The van der Waals surface area contributed by atoms with Crippen LogP contribution in [0.3, 0.4) is 0 Å². The molecular weight excluding hydrogens is 717 g/mol. The second-order valence-electron chi connectivity index (χ2n) is 13.0. The topological polar surface area (TPSA) is 97.5 Å². The van der Waals surface area contributed by atoms with E-state index in [9.17, 15) is 9.59 Å². The van der Waals surface area contributed by atoms with Crippen molar-refractivity contribution in [2.45, 2.75) is 19.9 Å². The SMILES string of the molecule is C=CN(/C(=C(\C)c1ccccc1)c1c(C(=O)Nc2cccnc2N2CCN(C(=O)c3ccccn3)CC2)[nH]c2cc(Cl)ccc12)C(C)c1ccc(Cl)cc1. The van der Waals surface area contributed by atoms with Gasteiger partial charge in [0, 0.05) is 65.1 Å². The number of halogens is 2. The van der Waals surface area contributed by atoms with Gasteiger partial charge in [0.1, 0.15) is 11.4 Å². The van der Waals surface area contributed by atoms with Gasteiger partial charge in [-0.2, -0.15) is 0 Å². The fourth-order valence-corrected chi connectivity index (χ4v) is 7.27. The van der Waals surface area contributed by atoms with Crippen LogP contribution in [0.1, 0.15) is 57.6 Å². The highest BCUT2D eigenvalue weighted by Crippen LogP contribution is 2.41. The molecule has 0 saturated carbocycles. The van der Waals surface area contributed by atoms with Crippen LogP contribution < -0.4 is 10.2 Å². The van der Waals surface area contributed by atoms with Crippen LogP contribution in [0.25, 0.3) is 22.2 Å². The number of hydrogen-bond acceptors (Lipinski definition) is 6. The normalized spacial score (nSPS) is 14.0. The molecule has 3 aromatic carbocycles. The van der Waals surface area contributed by atoms with Gasteiger partial charge in [-0.3, -0.25) is 14.6 Å². The number of rotatable bonds is 10.